The fraction of sp³-hybridized carbons (Fsp3) is 0.167. The summed E-state index contributed by atoms with van der Waals surface area (Å²) in [6.45, 7) is 3.17. The van der Waals surface area contributed by atoms with Crippen LogP contribution < -0.4 is 0 Å². The van der Waals surface area contributed by atoms with Crippen molar-refractivity contribution in [1.82, 2.24) is 0 Å². The number of aromatic hydroxyl groups is 1. The third-order valence-corrected chi connectivity index (χ3v) is 2.54. The summed E-state index contributed by atoms with van der Waals surface area (Å²) < 4.78 is 0. The SMILES string of the molecule is Cc1cc(C=C(C#N)C#N)c(O)c([N+](=O)[O-])c1C. The monoisotopic (exact) mass is 243 g/mol. The van der Waals surface area contributed by atoms with E-state index in [9.17, 15) is 15.2 Å². The molecule has 0 aliphatic rings. The van der Waals surface area contributed by atoms with Gasteiger partial charge in [0.1, 0.15) is 17.7 Å². The minimum Gasteiger partial charge on any atom is -0.502 e. The molecule has 18 heavy (non-hydrogen) atoms. The number of nitro groups is 1. The topological polar surface area (TPSA) is 111 Å². The summed E-state index contributed by atoms with van der Waals surface area (Å²) >= 11 is 0. The van der Waals surface area contributed by atoms with Crippen LogP contribution in [0.4, 0.5) is 5.69 Å². The molecule has 0 radical (unpaired) electrons. The van der Waals surface area contributed by atoms with Gasteiger partial charge in [-0.25, -0.2) is 0 Å². The number of phenolic OH excluding ortho intramolecular Hbond substituents is 1. The van der Waals surface area contributed by atoms with Crippen molar-refractivity contribution in [2.75, 3.05) is 0 Å². The largest absolute Gasteiger partial charge is 0.502 e. The molecule has 0 aromatic heterocycles. The Hall–Kier alpha value is -2.86. The van der Waals surface area contributed by atoms with Crippen LogP contribution in [-0.2, 0) is 0 Å². The number of hydrogen-bond donors (Lipinski definition) is 1. The molecule has 1 aromatic rings. The zero-order chi connectivity index (χ0) is 13.9. The summed E-state index contributed by atoms with van der Waals surface area (Å²) in [5.41, 5.74) is 0.397. The van der Waals surface area contributed by atoms with Gasteiger partial charge in [-0.05, 0) is 31.6 Å². The van der Waals surface area contributed by atoms with Gasteiger partial charge in [0, 0.05) is 11.1 Å². The van der Waals surface area contributed by atoms with Crippen molar-refractivity contribution in [2.24, 2.45) is 0 Å². The Morgan fingerprint density at radius 2 is 2.00 bits per heavy atom. The molecule has 6 nitrogen and oxygen atoms in total. The van der Waals surface area contributed by atoms with Crippen LogP contribution >= 0.6 is 0 Å². The Bertz CT molecular complexity index is 617. The van der Waals surface area contributed by atoms with E-state index in [0.29, 0.717) is 11.1 Å². The number of allylic oxidation sites excluding steroid dienone is 1. The third-order valence-electron chi connectivity index (χ3n) is 2.54. The molecule has 0 fully saturated rings. The van der Waals surface area contributed by atoms with Crippen molar-refractivity contribution in [3.05, 3.63) is 38.4 Å². The maximum atomic E-state index is 10.9. The van der Waals surface area contributed by atoms with E-state index < -0.39 is 16.4 Å². The van der Waals surface area contributed by atoms with E-state index >= 15 is 0 Å². The van der Waals surface area contributed by atoms with Gasteiger partial charge < -0.3 is 5.11 Å². The molecule has 0 aliphatic heterocycles. The van der Waals surface area contributed by atoms with Gasteiger partial charge in [0.2, 0.25) is 5.75 Å². The van der Waals surface area contributed by atoms with Crippen LogP contribution in [0, 0.1) is 46.6 Å². The number of phenols is 1. The smallest absolute Gasteiger partial charge is 0.314 e. The number of benzene rings is 1. The van der Waals surface area contributed by atoms with E-state index in [4.69, 9.17) is 10.5 Å². The Morgan fingerprint density at radius 1 is 1.44 bits per heavy atom. The second-order valence-electron chi connectivity index (χ2n) is 3.64. The normalized spacial score (nSPS) is 9.11. The highest BCUT2D eigenvalue weighted by molar-refractivity contribution is 5.72. The molecule has 1 rings (SSSR count). The van der Waals surface area contributed by atoms with Crippen LogP contribution in [0.1, 0.15) is 16.7 Å². The van der Waals surface area contributed by atoms with E-state index in [1.165, 1.54) is 13.0 Å². The van der Waals surface area contributed by atoms with Gasteiger partial charge in [-0.1, -0.05) is 0 Å². The van der Waals surface area contributed by atoms with E-state index in [2.05, 4.69) is 0 Å². The van der Waals surface area contributed by atoms with E-state index in [1.807, 2.05) is 0 Å². The molecule has 0 aliphatic carbocycles. The van der Waals surface area contributed by atoms with Crippen LogP contribution in [-0.4, -0.2) is 10.0 Å². The number of nitriles is 2. The lowest BCUT2D eigenvalue weighted by molar-refractivity contribution is -0.386. The molecule has 0 amide bonds. The van der Waals surface area contributed by atoms with E-state index in [-0.39, 0.29) is 11.1 Å². The second kappa shape index (κ2) is 4.98. The van der Waals surface area contributed by atoms with Crippen LogP contribution in [0.2, 0.25) is 0 Å². The molecular weight excluding hydrogens is 234 g/mol. The van der Waals surface area contributed by atoms with Crippen LogP contribution in [0.15, 0.2) is 11.6 Å². The van der Waals surface area contributed by atoms with Crippen LogP contribution in [0.25, 0.3) is 6.08 Å². The summed E-state index contributed by atoms with van der Waals surface area (Å²) in [6.07, 6.45) is 1.12. The van der Waals surface area contributed by atoms with Crippen molar-refractivity contribution >= 4 is 11.8 Å². The number of rotatable bonds is 2. The quantitative estimate of drug-likeness (QED) is 0.486. The fourth-order valence-corrected chi connectivity index (χ4v) is 1.49. The molecular formula is C12H9N3O3. The predicted molar refractivity (Wildman–Crippen MR) is 63.4 cm³/mol. The Labute approximate surface area is 103 Å². The molecule has 0 bridgehead atoms. The first-order valence-corrected chi connectivity index (χ1v) is 4.91. The Kier molecular flexibility index (Phi) is 3.65. The molecule has 1 aromatic carbocycles. The van der Waals surface area contributed by atoms with Gasteiger partial charge >= 0.3 is 5.69 Å². The van der Waals surface area contributed by atoms with Gasteiger partial charge in [0.05, 0.1) is 4.92 Å². The Balaban J connectivity index is 3.61. The Morgan fingerprint density at radius 3 is 2.44 bits per heavy atom. The lowest BCUT2D eigenvalue weighted by atomic mass is 10.0. The minimum atomic E-state index is -0.687. The van der Waals surface area contributed by atoms with Gasteiger partial charge in [0.25, 0.3) is 0 Å². The maximum Gasteiger partial charge on any atom is 0.314 e. The zero-order valence-electron chi connectivity index (χ0n) is 9.76. The highest BCUT2D eigenvalue weighted by Gasteiger charge is 2.22. The number of hydrogen-bond acceptors (Lipinski definition) is 5. The van der Waals surface area contributed by atoms with Gasteiger partial charge in [0.15, 0.2) is 0 Å². The molecule has 0 unspecified atom stereocenters. The second-order valence-corrected chi connectivity index (χ2v) is 3.64. The average molecular weight is 243 g/mol. The first-order chi connectivity index (χ1) is 8.42. The first-order valence-electron chi connectivity index (χ1n) is 4.91. The number of nitro benzene ring substituents is 1. The summed E-state index contributed by atoms with van der Waals surface area (Å²) in [7, 11) is 0. The summed E-state index contributed by atoms with van der Waals surface area (Å²) in [5.74, 6) is -0.536. The molecule has 0 heterocycles. The van der Waals surface area contributed by atoms with Crippen LogP contribution in [0.5, 0.6) is 5.75 Å². The van der Waals surface area contributed by atoms with Crippen molar-refractivity contribution in [3.63, 3.8) is 0 Å². The van der Waals surface area contributed by atoms with Crippen LogP contribution in [0.3, 0.4) is 0 Å². The van der Waals surface area contributed by atoms with Gasteiger partial charge in [-0.15, -0.1) is 0 Å². The van der Waals surface area contributed by atoms with Crippen molar-refractivity contribution in [3.8, 4) is 17.9 Å². The average Bonchev–Trinajstić information content (AvgIpc) is 2.32. The summed E-state index contributed by atoms with van der Waals surface area (Å²) in [6, 6.07) is 4.75. The molecule has 0 atom stereocenters. The standard InChI is InChI=1S/C12H9N3O3/c1-7-3-10(4-9(5-13)6-14)12(16)11(8(7)2)15(17)18/h3-4,16H,1-2H3. The lowest BCUT2D eigenvalue weighted by Gasteiger charge is -2.06. The number of nitrogens with zero attached hydrogens (tertiary/aromatic N) is 3. The van der Waals surface area contributed by atoms with Gasteiger partial charge in [-0.2, -0.15) is 10.5 Å². The zero-order valence-corrected chi connectivity index (χ0v) is 9.76. The maximum absolute atomic E-state index is 10.9. The van der Waals surface area contributed by atoms with Gasteiger partial charge in [-0.3, -0.25) is 10.1 Å². The highest BCUT2D eigenvalue weighted by Crippen LogP contribution is 2.36. The third kappa shape index (κ3) is 2.28. The predicted octanol–water partition coefficient (Wildman–Crippen LogP) is 2.35. The molecule has 0 spiro atoms. The first kappa shape index (κ1) is 13.2. The number of aryl methyl sites for hydroxylation is 1. The molecule has 1 N–H and O–H groups in total. The highest BCUT2D eigenvalue weighted by atomic mass is 16.6. The minimum absolute atomic E-state index is 0.0860. The van der Waals surface area contributed by atoms with Crippen molar-refractivity contribution in [2.45, 2.75) is 13.8 Å². The molecule has 90 valence electrons. The summed E-state index contributed by atoms with van der Waals surface area (Å²) in [4.78, 5) is 10.2. The lowest BCUT2D eigenvalue weighted by Crippen LogP contribution is -1.96. The molecule has 0 saturated carbocycles. The molecule has 6 heteroatoms. The van der Waals surface area contributed by atoms with E-state index in [0.717, 1.165) is 6.08 Å². The molecule has 0 saturated heterocycles. The van der Waals surface area contributed by atoms with Crippen molar-refractivity contribution in [1.29, 1.82) is 10.5 Å². The summed E-state index contributed by atoms with van der Waals surface area (Å²) in [5, 5.41) is 37.9. The fourth-order valence-electron chi connectivity index (χ4n) is 1.49. The van der Waals surface area contributed by atoms with E-state index in [1.54, 1.807) is 19.1 Å². The van der Waals surface area contributed by atoms with Crippen molar-refractivity contribution < 1.29 is 10.0 Å².